The molecule has 0 aromatic heterocycles. The van der Waals surface area contributed by atoms with Crippen molar-refractivity contribution in [3.63, 3.8) is 0 Å². The first-order valence-corrected chi connectivity index (χ1v) is 9.38. The SMILES string of the molecule is Cc1cc(C)c(NC(=O)COC(=O)CN2C(=O)[C@H]3CC=CC[C@@H]3C2=O)c(Cl)c1. The van der Waals surface area contributed by atoms with Crippen LogP contribution in [-0.2, 0) is 23.9 Å². The Morgan fingerprint density at radius 3 is 2.32 bits per heavy atom. The highest BCUT2D eigenvalue weighted by Gasteiger charge is 2.47. The number of aryl methyl sites for hydroxylation is 2. The molecule has 1 aliphatic heterocycles. The Hall–Kier alpha value is -2.67. The highest BCUT2D eigenvalue weighted by Crippen LogP contribution is 2.34. The van der Waals surface area contributed by atoms with Crippen molar-refractivity contribution < 1.29 is 23.9 Å². The minimum atomic E-state index is -0.810. The molecule has 0 saturated carbocycles. The van der Waals surface area contributed by atoms with E-state index in [4.69, 9.17) is 16.3 Å². The predicted molar refractivity (Wildman–Crippen MR) is 103 cm³/mol. The number of carbonyl (C=O) groups excluding carboxylic acids is 4. The van der Waals surface area contributed by atoms with E-state index in [0.717, 1.165) is 16.0 Å². The Kier molecular flexibility index (Phi) is 5.84. The van der Waals surface area contributed by atoms with Crippen LogP contribution in [0.25, 0.3) is 0 Å². The summed E-state index contributed by atoms with van der Waals surface area (Å²) < 4.78 is 4.94. The average Bonchev–Trinajstić information content (AvgIpc) is 2.88. The quantitative estimate of drug-likeness (QED) is 0.462. The van der Waals surface area contributed by atoms with Crippen LogP contribution in [0.15, 0.2) is 24.3 Å². The minimum Gasteiger partial charge on any atom is -0.454 e. The second kappa shape index (κ2) is 8.14. The lowest BCUT2D eigenvalue weighted by atomic mass is 9.85. The van der Waals surface area contributed by atoms with E-state index in [1.807, 2.05) is 25.1 Å². The van der Waals surface area contributed by atoms with Gasteiger partial charge in [-0.25, -0.2) is 0 Å². The van der Waals surface area contributed by atoms with Gasteiger partial charge in [0.15, 0.2) is 6.61 Å². The molecule has 0 bridgehead atoms. The van der Waals surface area contributed by atoms with Gasteiger partial charge in [-0.2, -0.15) is 0 Å². The fourth-order valence-electron chi connectivity index (χ4n) is 3.60. The number of hydrogen-bond donors (Lipinski definition) is 1. The maximum atomic E-state index is 12.3. The minimum absolute atomic E-state index is 0.359. The first-order valence-electron chi connectivity index (χ1n) is 9.00. The number of nitrogens with zero attached hydrogens (tertiary/aromatic N) is 1. The Bertz CT molecular complexity index is 830. The molecule has 28 heavy (non-hydrogen) atoms. The van der Waals surface area contributed by atoms with E-state index in [-0.39, 0.29) is 11.8 Å². The normalized spacial score (nSPS) is 20.9. The number of esters is 1. The standard InChI is InChI=1S/C20H21ClN2O5/c1-11-7-12(2)18(15(21)8-11)22-16(24)10-28-17(25)9-23-19(26)13-5-3-4-6-14(13)20(23)27/h3-4,7-8,13-14H,5-6,9-10H2,1-2H3,(H,22,24)/t13-,14-/m0/s1. The number of nitrogens with one attached hydrogen (secondary N) is 1. The molecule has 2 aliphatic rings. The first-order chi connectivity index (χ1) is 13.3. The molecule has 0 spiro atoms. The molecule has 3 amide bonds. The number of allylic oxidation sites excluding steroid dienone is 2. The third-order valence-corrected chi connectivity index (χ3v) is 5.24. The van der Waals surface area contributed by atoms with Gasteiger partial charge in [0.2, 0.25) is 11.8 Å². The van der Waals surface area contributed by atoms with Crippen molar-refractivity contribution in [2.75, 3.05) is 18.5 Å². The lowest BCUT2D eigenvalue weighted by molar-refractivity contribution is -0.154. The Balaban J connectivity index is 1.53. The van der Waals surface area contributed by atoms with Crippen molar-refractivity contribution >= 4 is 41.0 Å². The van der Waals surface area contributed by atoms with Gasteiger partial charge in [0.25, 0.3) is 5.91 Å². The molecule has 148 valence electrons. The summed E-state index contributed by atoms with van der Waals surface area (Å²) in [6, 6.07) is 3.58. The van der Waals surface area contributed by atoms with Gasteiger partial charge in [-0.05, 0) is 43.9 Å². The zero-order valence-electron chi connectivity index (χ0n) is 15.7. The van der Waals surface area contributed by atoms with E-state index in [0.29, 0.717) is 23.6 Å². The molecule has 2 atom stereocenters. The number of fused-ring (bicyclic) bond motifs is 1. The number of carbonyl (C=O) groups is 4. The summed E-state index contributed by atoms with van der Waals surface area (Å²) in [6.45, 7) is 2.67. The monoisotopic (exact) mass is 404 g/mol. The highest BCUT2D eigenvalue weighted by molar-refractivity contribution is 6.34. The zero-order valence-corrected chi connectivity index (χ0v) is 16.4. The van der Waals surface area contributed by atoms with Crippen LogP contribution in [0.3, 0.4) is 0 Å². The Labute approximate surface area is 167 Å². The topological polar surface area (TPSA) is 92.8 Å². The van der Waals surface area contributed by atoms with Crippen molar-refractivity contribution in [2.45, 2.75) is 26.7 Å². The maximum Gasteiger partial charge on any atom is 0.326 e. The van der Waals surface area contributed by atoms with Crippen LogP contribution >= 0.6 is 11.6 Å². The molecule has 3 rings (SSSR count). The van der Waals surface area contributed by atoms with Crippen molar-refractivity contribution in [2.24, 2.45) is 11.8 Å². The summed E-state index contributed by atoms with van der Waals surface area (Å²) in [5.74, 6) is -2.89. The van der Waals surface area contributed by atoms with Crippen LogP contribution in [-0.4, -0.2) is 41.7 Å². The van der Waals surface area contributed by atoms with Gasteiger partial charge < -0.3 is 10.1 Å². The summed E-state index contributed by atoms with van der Waals surface area (Å²) in [5, 5.41) is 3.00. The van der Waals surface area contributed by atoms with E-state index in [1.54, 1.807) is 13.0 Å². The van der Waals surface area contributed by atoms with E-state index in [2.05, 4.69) is 5.32 Å². The molecule has 1 N–H and O–H groups in total. The number of hydrogen-bond acceptors (Lipinski definition) is 5. The van der Waals surface area contributed by atoms with Crippen molar-refractivity contribution in [1.29, 1.82) is 0 Å². The molecular formula is C20H21ClN2O5. The maximum absolute atomic E-state index is 12.3. The van der Waals surface area contributed by atoms with Gasteiger partial charge in [0, 0.05) is 0 Å². The molecule has 1 aromatic carbocycles. The Morgan fingerprint density at radius 1 is 1.14 bits per heavy atom. The largest absolute Gasteiger partial charge is 0.454 e. The van der Waals surface area contributed by atoms with Gasteiger partial charge >= 0.3 is 5.97 Å². The summed E-state index contributed by atoms with van der Waals surface area (Å²) >= 11 is 6.14. The van der Waals surface area contributed by atoms with Crippen LogP contribution in [0.4, 0.5) is 5.69 Å². The van der Waals surface area contributed by atoms with Crippen LogP contribution < -0.4 is 5.32 Å². The molecule has 1 fully saturated rings. The van der Waals surface area contributed by atoms with Crippen molar-refractivity contribution in [3.05, 3.63) is 40.4 Å². The van der Waals surface area contributed by atoms with Crippen LogP contribution in [0.5, 0.6) is 0 Å². The number of anilines is 1. The second-order valence-corrected chi connectivity index (χ2v) is 7.47. The molecule has 0 unspecified atom stereocenters. The molecule has 1 saturated heterocycles. The van der Waals surface area contributed by atoms with Gasteiger partial charge in [0.05, 0.1) is 22.5 Å². The van der Waals surface area contributed by atoms with E-state index >= 15 is 0 Å². The molecule has 1 heterocycles. The number of benzene rings is 1. The molecule has 1 aliphatic carbocycles. The number of rotatable bonds is 5. The molecule has 7 nitrogen and oxygen atoms in total. The molecule has 0 radical (unpaired) electrons. The third kappa shape index (κ3) is 4.09. The van der Waals surface area contributed by atoms with E-state index in [1.165, 1.54) is 0 Å². The van der Waals surface area contributed by atoms with Crippen molar-refractivity contribution in [1.82, 2.24) is 4.90 Å². The smallest absolute Gasteiger partial charge is 0.326 e. The van der Waals surface area contributed by atoms with E-state index < -0.39 is 36.9 Å². The number of ether oxygens (including phenoxy) is 1. The second-order valence-electron chi connectivity index (χ2n) is 7.07. The molecular weight excluding hydrogens is 384 g/mol. The molecule has 1 aromatic rings. The number of likely N-dealkylation sites (tertiary alicyclic amines) is 1. The number of amides is 3. The van der Waals surface area contributed by atoms with Gasteiger partial charge in [-0.3, -0.25) is 24.1 Å². The first kappa shape index (κ1) is 20.1. The van der Waals surface area contributed by atoms with Crippen molar-refractivity contribution in [3.8, 4) is 0 Å². The lowest BCUT2D eigenvalue weighted by Gasteiger charge is -2.14. The number of imide groups is 1. The summed E-state index contributed by atoms with van der Waals surface area (Å²) in [6.07, 6.45) is 4.74. The summed E-state index contributed by atoms with van der Waals surface area (Å²) in [7, 11) is 0. The van der Waals surface area contributed by atoms with Crippen LogP contribution in [0.2, 0.25) is 5.02 Å². The van der Waals surface area contributed by atoms with E-state index in [9.17, 15) is 19.2 Å². The van der Waals surface area contributed by atoms with Gasteiger partial charge in [-0.1, -0.05) is 29.8 Å². The average molecular weight is 405 g/mol. The fraction of sp³-hybridized carbons (Fsp3) is 0.400. The predicted octanol–water partition coefficient (Wildman–Crippen LogP) is 2.39. The Morgan fingerprint density at radius 2 is 1.75 bits per heavy atom. The van der Waals surface area contributed by atoms with Gasteiger partial charge in [-0.15, -0.1) is 0 Å². The zero-order chi connectivity index (χ0) is 20.4. The summed E-state index contributed by atoms with van der Waals surface area (Å²) in [4.78, 5) is 49.7. The van der Waals surface area contributed by atoms with Gasteiger partial charge in [0.1, 0.15) is 6.54 Å². The molecule has 8 heteroatoms. The fourth-order valence-corrected chi connectivity index (χ4v) is 3.96. The number of halogens is 1. The van der Waals surface area contributed by atoms with Crippen LogP contribution in [0.1, 0.15) is 24.0 Å². The lowest BCUT2D eigenvalue weighted by Crippen LogP contribution is -2.37. The van der Waals surface area contributed by atoms with Crippen LogP contribution in [0, 0.1) is 25.7 Å². The third-order valence-electron chi connectivity index (χ3n) is 4.95. The highest BCUT2D eigenvalue weighted by atomic mass is 35.5. The summed E-state index contributed by atoms with van der Waals surface area (Å²) in [5.41, 5.74) is 2.20.